The van der Waals surface area contributed by atoms with Crippen molar-refractivity contribution >= 4 is 28.9 Å². The maximum absolute atomic E-state index is 12.5. The Morgan fingerprint density at radius 2 is 2.29 bits per heavy atom. The van der Waals surface area contributed by atoms with Crippen LogP contribution in [0.5, 0.6) is 5.75 Å². The third kappa shape index (κ3) is 2.36. The number of carbonyl (C=O) groups is 1. The number of aromatic nitrogens is 2. The van der Waals surface area contributed by atoms with E-state index in [4.69, 9.17) is 22.7 Å². The van der Waals surface area contributed by atoms with Gasteiger partial charge in [0.05, 0.1) is 11.8 Å². The molecule has 0 saturated heterocycles. The van der Waals surface area contributed by atoms with E-state index in [2.05, 4.69) is 10.4 Å². The number of nitrogens with zero attached hydrogens (tertiary/aromatic N) is 2. The number of thiocarbonyl (C=S) groups is 1. The van der Waals surface area contributed by atoms with Gasteiger partial charge in [-0.1, -0.05) is 30.4 Å². The molecule has 7 heteroatoms. The van der Waals surface area contributed by atoms with E-state index in [0.29, 0.717) is 18.0 Å². The molecule has 2 heterocycles. The van der Waals surface area contributed by atoms with E-state index in [1.165, 1.54) is 10.9 Å². The lowest BCUT2D eigenvalue weighted by atomic mass is 10.0. The lowest BCUT2D eigenvalue weighted by Gasteiger charge is -2.11. The van der Waals surface area contributed by atoms with Crippen LogP contribution in [0.3, 0.4) is 0 Å². The number of benzene rings is 1. The van der Waals surface area contributed by atoms with Crippen LogP contribution in [0.1, 0.15) is 17.0 Å². The molecule has 1 aromatic carbocycles. The zero-order chi connectivity index (χ0) is 15.0. The van der Waals surface area contributed by atoms with Gasteiger partial charge in [0.2, 0.25) is 5.91 Å². The molecular weight excluding hydrogens is 288 g/mol. The first kappa shape index (κ1) is 13.6. The first-order valence-electron chi connectivity index (χ1n) is 6.42. The highest BCUT2D eigenvalue weighted by Crippen LogP contribution is 2.34. The molecule has 1 aliphatic heterocycles. The summed E-state index contributed by atoms with van der Waals surface area (Å²) in [5, 5.41) is 6.90. The predicted molar refractivity (Wildman–Crippen MR) is 82.4 cm³/mol. The van der Waals surface area contributed by atoms with E-state index >= 15 is 0 Å². The minimum Gasteiger partial charge on any atom is -0.492 e. The van der Waals surface area contributed by atoms with Crippen molar-refractivity contribution in [1.29, 1.82) is 0 Å². The molecule has 1 amide bonds. The lowest BCUT2D eigenvalue weighted by molar-refractivity contribution is -0.117. The number of nitrogens with one attached hydrogen (secondary N) is 1. The smallest absolute Gasteiger partial charge is 0.236 e. The molecule has 1 aromatic heterocycles. The number of fused-ring (bicyclic) bond motifs is 1. The zero-order valence-electron chi connectivity index (χ0n) is 11.4. The number of rotatable bonds is 3. The normalized spacial score (nSPS) is 16.1. The Labute approximate surface area is 126 Å². The maximum atomic E-state index is 12.5. The fraction of sp³-hybridized carbons (Fsp3) is 0.214. The molecule has 0 radical (unpaired) electrons. The number of amides is 1. The molecular formula is C14H14N4O2S. The van der Waals surface area contributed by atoms with Crippen molar-refractivity contribution in [3.05, 3.63) is 41.6 Å². The molecule has 0 bridgehead atoms. The Morgan fingerprint density at radius 3 is 3.05 bits per heavy atom. The highest BCUT2D eigenvalue weighted by molar-refractivity contribution is 7.80. The third-order valence-corrected chi connectivity index (χ3v) is 3.68. The van der Waals surface area contributed by atoms with Gasteiger partial charge in [-0.05, 0) is 6.07 Å². The predicted octanol–water partition coefficient (Wildman–Crippen LogP) is 1.17. The van der Waals surface area contributed by atoms with Crippen LogP contribution in [0.4, 0.5) is 5.82 Å². The van der Waals surface area contributed by atoms with E-state index in [9.17, 15) is 4.79 Å². The van der Waals surface area contributed by atoms with Crippen LogP contribution in [0.2, 0.25) is 0 Å². The second-order valence-corrected chi connectivity index (χ2v) is 5.23. The summed E-state index contributed by atoms with van der Waals surface area (Å²) in [5.41, 5.74) is 7.07. The highest BCUT2D eigenvalue weighted by Gasteiger charge is 2.31. The summed E-state index contributed by atoms with van der Waals surface area (Å²) < 4.78 is 7.06. The number of anilines is 1. The monoisotopic (exact) mass is 302 g/mol. The van der Waals surface area contributed by atoms with Crippen molar-refractivity contribution in [1.82, 2.24) is 9.78 Å². The van der Waals surface area contributed by atoms with Gasteiger partial charge in [-0.15, -0.1) is 0 Å². The largest absolute Gasteiger partial charge is 0.492 e. The Kier molecular flexibility index (Phi) is 3.34. The van der Waals surface area contributed by atoms with Crippen molar-refractivity contribution in [3.63, 3.8) is 0 Å². The first-order valence-corrected chi connectivity index (χ1v) is 6.83. The molecule has 3 N–H and O–H groups in total. The van der Waals surface area contributed by atoms with Gasteiger partial charge in [0.1, 0.15) is 29.1 Å². The topological polar surface area (TPSA) is 82.2 Å². The summed E-state index contributed by atoms with van der Waals surface area (Å²) >= 11 is 4.96. The average Bonchev–Trinajstić information content (AvgIpc) is 3.03. The van der Waals surface area contributed by atoms with Crippen molar-refractivity contribution in [2.75, 3.05) is 11.9 Å². The van der Waals surface area contributed by atoms with Crippen LogP contribution >= 0.6 is 12.2 Å². The van der Waals surface area contributed by atoms with Crippen molar-refractivity contribution in [3.8, 4) is 5.75 Å². The van der Waals surface area contributed by atoms with Crippen LogP contribution in [-0.2, 0) is 11.8 Å². The summed E-state index contributed by atoms with van der Waals surface area (Å²) in [4.78, 5) is 12.7. The fourth-order valence-electron chi connectivity index (χ4n) is 2.35. The van der Waals surface area contributed by atoms with Crippen LogP contribution < -0.4 is 15.8 Å². The number of aryl methyl sites for hydroxylation is 1. The van der Waals surface area contributed by atoms with Gasteiger partial charge in [-0.2, -0.15) is 5.10 Å². The molecule has 2 aromatic rings. The second kappa shape index (κ2) is 5.17. The van der Waals surface area contributed by atoms with Crippen LogP contribution in [0.15, 0.2) is 30.5 Å². The molecule has 3 rings (SSSR count). The maximum Gasteiger partial charge on any atom is 0.236 e. The Balaban J connectivity index is 1.86. The molecule has 21 heavy (non-hydrogen) atoms. The van der Waals surface area contributed by atoms with E-state index in [1.807, 2.05) is 24.3 Å². The first-order chi connectivity index (χ1) is 10.1. The van der Waals surface area contributed by atoms with E-state index in [-0.39, 0.29) is 16.8 Å². The molecule has 1 aliphatic rings. The third-order valence-electron chi connectivity index (χ3n) is 3.46. The molecule has 0 fully saturated rings. The number of hydrogen-bond donors (Lipinski definition) is 2. The minimum absolute atomic E-state index is 0.166. The number of nitrogens with two attached hydrogens (primary N) is 1. The van der Waals surface area contributed by atoms with Gasteiger partial charge >= 0.3 is 0 Å². The molecule has 1 unspecified atom stereocenters. The number of para-hydroxylation sites is 1. The SMILES string of the molecule is Cn1ncc(C(N)=S)c1NC(=O)C1COc2ccccc21. The molecule has 6 nitrogen and oxygen atoms in total. The highest BCUT2D eigenvalue weighted by atomic mass is 32.1. The Morgan fingerprint density at radius 1 is 1.52 bits per heavy atom. The van der Waals surface area contributed by atoms with Gasteiger partial charge < -0.3 is 15.8 Å². The molecule has 108 valence electrons. The van der Waals surface area contributed by atoms with Gasteiger partial charge in [-0.3, -0.25) is 9.48 Å². The van der Waals surface area contributed by atoms with Crippen molar-refractivity contribution < 1.29 is 9.53 Å². The van der Waals surface area contributed by atoms with Gasteiger partial charge in [0.25, 0.3) is 0 Å². The summed E-state index contributed by atoms with van der Waals surface area (Å²) in [5.74, 6) is 0.727. The van der Waals surface area contributed by atoms with Crippen LogP contribution in [0.25, 0.3) is 0 Å². The Hall–Kier alpha value is -2.41. The lowest BCUT2D eigenvalue weighted by Crippen LogP contribution is -2.25. The number of carbonyl (C=O) groups excluding carboxylic acids is 1. The van der Waals surface area contributed by atoms with E-state index in [1.54, 1.807) is 7.05 Å². The summed E-state index contributed by atoms with van der Waals surface area (Å²) in [6, 6.07) is 7.51. The molecule has 0 spiro atoms. The van der Waals surface area contributed by atoms with Gasteiger partial charge in [0, 0.05) is 12.6 Å². The average molecular weight is 302 g/mol. The molecule has 1 atom stereocenters. The van der Waals surface area contributed by atoms with Crippen LogP contribution in [-0.4, -0.2) is 27.3 Å². The van der Waals surface area contributed by atoms with Crippen molar-refractivity contribution in [2.45, 2.75) is 5.92 Å². The fourth-order valence-corrected chi connectivity index (χ4v) is 2.50. The van der Waals surface area contributed by atoms with Crippen LogP contribution in [0, 0.1) is 0 Å². The summed E-state index contributed by atoms with van der Waals surface area (Å²) in [6.45, 7) is 0.325. The van der Waals surface area contributed by atoms with Crippen molar-refractivity contribution in [2.24, 2.45) is 12.8 Å². The number of ether oxygens (including phenoxy) is 1. The molecule has 0 aliphatic carbocycles. The Bertz CT molecular complexity index is 726. The van der Waals surface area contributed by atoms with Gasteiger partial charge in [0.15, 0.2) is 0 Å². The summed E-state index contributed by atoms with van der Waals surface area (Å²) in [6.07, 6.45) is 1.54. The van der Waals surface area contributed by atoms with E-state index < -0.39 is 0 Å². The van der Waals surface area contributed by atoms with E-state index in [0.717, 1.165) is 11.3 Å². The second-order valence-electron chi connectivity index (χ2n) is 4.79. The zero-order valence-corrected chi connectivity index (χ0v) is 12.2. The number of hydrogen-bond acceptors (Lipinski definition) is 4. The minimum atomic E-state index is -0.352. The molecule has 0 saturated carbocycles. The van der Waals surface area contributed by atoms with Gasteiger partial charge in [-0.25, -0.2) is 0 Å². The quantitative estimate of drug-likeness (QED) is 0.832. The standard InChI is InChI=1S/C14H14N4O2S/c1-18-13(9(6-16-18)12(15)21)17-14(19)10-7-20-11-5-3-2-4-8(10)11/h2-6,10H,7H2,1H3,(H2,15,21)(H,17,19). The summed E-state index contributed by atoms with van der Waals surface area (Å²) in [7, 11) is 1.72.